The fourth-order valence-corrected chi connectivity index (χ4v) is 5.28. The summed E-state index contributed by atoms with van der Waals surface area (Å²) in [6.07, 6.45) is -1.23. The van der Waals surface area contributed by atoms with Crippen LogP contribution < -0.4 is 5.69 Å². The molecule has 2 aliphatic rings. The Kier molecular flexibility index (Phi) is 7.05. The van der Waals surface area contributed by atoms with Crippen molar-refractivity contribution in [3.63, 3.8) is 0 Å². The topological polar surface area (TPSA) is 86.4 Å². The number of ether oxygens (including phenoxy) is 1. The number of carbonyl (C=O) groups excluding carboxylic acids is 2. The van der Waals surface area contributed by atoms with Crippen LogP contribution in [0.25, 0.3) is 5.69 Å². The van der Waals surface area contributed by atoms with Crippen LogP contribution in [0.15, 0.2) is 29.1 Å². The monoisotopic (exact) mass is 494 g/mol. The number of aryl methyl sites for hydroxylation is 1. The van der Waals surface area contributed by atoms with Gasteiger partial charge in [-0.25, -0.2) is 4.79 Å². The second kappa shape index (κ2) is 9.87. The number of hydrogen-bond acceptors (Lipinski definition) is 5. The van der Waals surface area contributed by atoms with Crippen LogP contribution in [0.3, 0.4) is 0 Å². The summed E-state index contributed by atoms with van der Waals surface area (Å²) >= 11 is 0. The summed E-state index contributed by atoms with van der Waals surface area (Å²) in [7, 11) is 1.39. The first-order valence-electron chi connectivity index (χ1n) is 11.8. The number of benzene rings is 1. The summed E-state index contributed by atoms with van der Waals surface area (Å²) < 4.78 is 45.9. The zero-order chi connectivity index (χ0) is 25.3. The van der Waals surface area contributed by atoms with Crippen LogP contribution in [0.1, 0.15) is 61.9 Å². The molecule has 35 heavy (non-hydrogen) atoms. The molecule has 190 valence electrons. The van der Waals surface area contributed by atoms with E-state index in [2.05, 4.69) is 5.10 Å². The highest BCUT2D eigenvalue weighted by Crippen LogP contribution is 2.33. The van der Waals surface area contributed by atoms with Crippen LogP contribution >= 0.6 is 0 Å². The predicted octanol–water partition coefficient (Wildman–Crippen LogP) is 3.52. The van der Waals surface area contributed by atoms with Gasteiger partial charge in [-0.1, -0.05) is 12.1 Å². The van der Waals surface area contributed by atoms with Gasteiger partial charge in [-0.3, -0.25) is 14.2 Å². The van der Waals surface area contributed by atoms with Gasteiger partial charge in [0.05, 0.1) is 18.7 Å². The fourth-order valence-electron chi connectivity index (χ4n) is 5.28. The van der Waals surface area contributed by atoms with Gasteiger partial charge in [0.15, 0.2) is 0 Å². The van der Waals surface area contributed by atoms with Gasteiger partial charge in [-0.05, 0) is 69.1 Å². The minimum Gasteiger partial charge on any atom is -0.469 e. The maximum absolute atomic E-state index is 13.2. The van der Waals surface area contributed by atoms with Gasteiger partial charge < -0.3 is 9.64 Å². The first-order valence-corrected chi connectivity index (χ1v) is 11.8. The molecular formula is C24H29F3N4O4. The highest BCUT2D eigenvalue weighted by Gasteiger charge is 2.43. The Labute approximate surface area is 200 Å². The molecule has 0 spiro atoms. The molecule has 0 atom stereocenters. The molecule has 1 aromatic heterocycles. The van der Waals surface area contributed by atoms with Gasteiger partial charge >= 0.3 is 23.7 Å². The van der Waals surface area contributed by atoms with Gasteiger partial charge in [-0.15, -0.1) is 0 Å². The highest BCUT2D eigenvalue weighted by molar-refractivity contribution is 5.82. The Balaban J connectivity index is 1.43. The zero-order valence-corrected chi connectivity index (χ0v) is 19.8. The fraction of sp³-hybridized carbons (Fsp3) is 0.583. The van der Waals surface area contributed by atoms with Crippen LogP contribution in [0.5, 0.6) is 0 Å². The maximum Gasteiger partial charge on any atom is 0.471 e. The second-order valence-electron chi connectivity index (χ2n) is 9.30. The molecule has 2 heterocycles. The normalized spacial score (nSPS) is 21.7. The highest BCUT2D eigenvalue weighted by atomic mass is 19.4. The molecule has 0 N–H and O–H groups in total. The quantitative estimate of drug-likeness (QED) is 0.608. The van der Waals surface area contributed by atoms with E-state index in [9.17, 15) is 27.6 Å². The van der Waals surface area contributed by atoms with Gasteiger partial charge in [-0.2, -0.15) is 23.0 Å². The van der Waals surface area contributed by atoms with E-state index in [0.717, 1.165) is 10.5 Å². The van der Waals surface area contributed by atoms with Crippen molar-refractivity contribution in [3.05, 3.63) is 46.1 Å². The summed E-state index contributed by atoms with van der Waals surface area (Å²) in [5.74, 6) is -1.48. The largest absolute Gasteiger partial charge is 0.471 e. The maximum atomic E-state index is 13.2. The lowest BCUT2D eigenvalue weighted by Gasteiger charge is -2.32. The standard InChI is InChI=1S/C24H29F3N4O4/c1-15-28-31(23(34)30(15)19-7-5-18(6-8-19)21(32)35-2)20-9-3-16(4-10-20)17-11-13-29(14-12-17)22(33)24(25,26)27/h3-4,9-10,17-19H,5-8,11-14H2,1-2H3. The summed E-state index contributed by atoms with van der Waals surface area (Å²) in [5.41, 5.74) is 1.32. The third-order valence-electron chi connectivity index (χ3n) is 7.21. The Bertz CT molecular complexity index is 1120. The van der Waals surface area contributed by atoms with E-state index in [0.29, 0.717) is 50.0 Å². The number of halogens is 3. The van der Waals surface area contributed by atoms with Crippen LogP contribution in [0.2, 0.25) is 0 Å². The molecule has 1 amide bonds. The first kappa shape index (κ1) is 25.0. The molecule has 1 aliphatic heterocycles. The summed E-state index contributed by atoms with van der Waals surface area (Å²) in [6.45, 7) is 1.91. The molecule has 2 fully saturated rings. The number of hydrogen-bond donors (Lipinski definition) is 0. The van der Waals surface area contributed by atoms with Crippen molar-refractivity contribution in [2.75, 3.05) is 20.2 Å². The van der Waals surface area contributed by atoms with Gasteiger partial charge in [0.1, 0.15) is 5.82 Å². The van der Waals surface area contributed by atoms with Crippen LogP contribution in [-0.2, 0) is 14.3 Å². The number of nitrogens with zero attached hydrogens (tertiary/aromatic N) is 4. The molecule has 1 aliphatic carbocycles. The number of piperidine rings is 1. The Morgan fingerprint density at radius 1 is 1.00 bits per heavy atom. The summed E-state index contributed by atoms with van der Waals surface area (Å²) in [5, 5.41) is 4.45. The molecule has 0 radical (unpaired) electrons. The van der Waals surface area contributed by atoms with E-state index in [4.69, 9.17) is 4.74 Å². The van der Waals surface area contributed by atoms with E-state index in [1.165, 1.54) is 11.8 Å². The molecule has 0 unspecified atom stereocenters. The number of aromatic nitrogens is 3. The van der Waals surface area contributed by atoms with E-state index in [-0.39, 0.29) is 42.6 Å². The molecule has 11 heteroatoms. The third kappa shape index (κ3) is 5.13. The molecule has 2 aromatic rings. The average Bonchev–Trinajstić information content (AvgIpc) is 3.16. The number of alkyl halides is 3. The minimum absolute atomic E-state index is 0.0268. The average molecular weight is 495 g/mol. The number of carbonyl (C=O) groups is 2. The van der Waals surface area contributed by atoms with Crippen LogP contribution in [0.4, 0.5) is 13.2 Å². The molecule has 4 rings (SSSR count). The van der Waals surface area contributed by atoms with Crippen molar-refractivity contribution in [2.24, 2.45) is 5.92 Å². The zero-order valence-electron chi connectivity index (χ0n) is 19.8. The SMILES string of the molecule is COC(=O)C1CCC(n2c(C)nn(-c3ccc(C4CCN(C(=O)C(F)(F)F)CC4)cc3)c2=O)CC1. The van der Waals surface area contributed by atoms with Crippen LogP contribution in [0, 0.1) is 12.8 Å². The van der Waals surface area contributed by atoms with Crippen molar-refractivity contribution in [1.29, 1.82) is 0 Å². The van der Waals surface area contributed by atoms with Crippen molar-refractivity contribution in [2.45, 2.75) is 63.6 Å². The first-order chi connectivity index (χ1) is 16.6. The molecule has 1 saturated carbocycles. The smallest absolute Gasteiger partial charge is 0.469 e. The van der Waals surface area contributed by atoms with Crippen molar-refractivity contribution < 1.29 is 27.5 Å². The van der Waals surface area contributed by atoms with Gasteiger partial charge in [0.2, 0.25) is 0 Å². The van der Waals surface area contributed by atoms with Gasteiger partial charge in [0.25, 0.3) is 0 Å². The van der Waals surface area contributed by atoms with Crippen molar-refractivity contribution in [3.8, 4) is 5.69 Å². The van der Waals surface area contributed by atoms with Crippen molar-refractivity contribution in [1.82, 2.24) is 19.2 Å². The van der Waals surface area contributed by atoms with Crippen LogP contribution in [-0.4, -0.2) is 57.5 Å². The van der Waals surface area contributed by atoms with E-state index < -0.39 is 12.1 Å². The molecule has 0 bridgehead atoms. The number of rotatable bonds is 4. The predicted molar refractivity (Wildman–Crippen MR) is 120 cm³/mol. The molecule has 1 saturated heterocycles. The molecular weight excluding hydrogens is 465 g/mol. The third-order valence-corrected chi connectivity index (χ3v) is 7.21. The number of esters is 1. The van der Waals surface area contributed by atoms with Gasteiger partial charge in [0, 0.05) is 19.1 Å². The Hall–Kier alpha value is -3.11. The lowest BCUT2D eigenvalue weighted by atomic mass is 9.86. The summed E-state index contributed by atoms with van der Waals surface area (Å²) in [4.78, 5) is 37.3. The van der Waals surface area contributed by atoms with E-state index in [1.807, 2.05) is 12.1 Å². The second-order valence-corrected chi connectivity index (χ2v) is 9.30. The number of methoxy groups -OCH3 is 1. The Morgan fingerprint density at radius 2 is 1.60 bits per heavy atom. The molecule has 1 aromatic carbocycles. The lowest BCUT2D eigenvalue weighted by Crippen LogP contribution is -2.45. The Morgan fingerprint density at radius 3 is 2.14 bits per heavy atom. The minimum atomic E-state index is -4.84. The summed E-state index contributed by atoms with van der Waals surface area (Å²) in [6, 6.07) is 7.28. The van der Waals surface area contributed by atoms with E-state index >= 15 is 0 Å². The van der Waals surface area contributed by atoms with Crippen molar-refractivity contribution >= 4 is 11.9 Å². The number of amides is 1. The molecule has 8 nitrogen and oxygen atoms in total. The van der Waals surface area contributed by atoms with E-state index in [1.54, 1.807) is 23.6 Å². The number of likely N-dealkylation sites (tertiary alicyclic amines) is 1. The lowest BCUT2D eigenvalue weighted by molar-refractivity contribution is -0.186.